The molecule has 2 unspecified atom stereocenters. The molecule has 0 radical (unpaired) electrons. The van der Waals surface area contributed by atoms with E-state index in [1.54, 1.807) is 11.3 Å². The summed E-state index contributed by atoms with van der Waals surface area (Å²) in [5.41, 5.74) is 2.68. The zero-order valence-electron chi connectivity index (χ0n) is 10.4. The molecule has 0 fully saturated rings. The Morgan fingerprint density at radius 3 is 3.06 bits per heavy atom. The molecule has 0 aliphatic carbocycles. The molecule has 2 aromatic rings. The first-order valence-corrected chi connectivity index (χ1v) is 7.27. The Labute approximate surface area is 112 Å². The number of para-hydroxylation sites is 1. The van der Waals surface area contributed by atoms with Gasteiger partial charge >= 0.3 is 0 Å². The molecule has 94 valence electrons. The zero-order chi connectivity index (χ0) is 12.4. The monoisotopic (exact) mass is 259 g/mol. The third-order valence-corrected chi connectivity index (χ3v) is 4.11. The number of fused-ring (bicyclic) bond motifs is 1. The molecular formula is C15H17NOS. The fourth-order valence-corrected chi connectivity index (χ4v) is 3.07. The van der Waals surface area contributed by atoms with Gasteiger partial charge in [-0.05, 0) is 40.9 Å². The molecule has 2 atom stereocenters. The summed E-state index contributed by atoms with van der Waals surface area (Å²) in [5, 5.41) is 7.86. The third kappa shape index (κ3) is 2.42. The Hall–Kier alpha value is -1.32. The van der Waals surface area contributed by atoms with Crippen molar-refractivity contribution in [3.8, 4) is 5.75 Å². The minimum atomic E-state index is 0.267. The fraction of sp³-hybridized carbons (Fsp3) is 0.333. The van der Waals surface area contributed by atoms with Crippen LogP contribution in [0, 0.1) is 0 Å². The van der Waals surface area contributed by atoms with Gasteiger partial charge in [0, 0.05) is 19.0 Å². The molecule has 0 amide bonds. The molecule has 0 bridgehead atoms. The molecule has 2 heterocycles. The van der Waals surface area contributed by atoms with E-state index in [1.807, 2.05) is 6.07 Å². The van der Waals surface area contributed by atoms with Crippen molar-refractivity contribution < 1.29 is 4.74 Å². The quantitative estimate of drug-likeness (QED) is 0.908. The molecule has 0 saturated carbocycles. The van der Waals surface area contributed by atoms with Crippen LogP contribution in [0.15, 0.2) is 41.1 Å². The average Bonchev–Trinajstić information content (AvgIpc) is 3.04. The molecule has 1 aromatic heterocycles. The van der Waals surface area contributed by atoms with E-state index in [9.17, 15) is 0 Å². The lowest BCUT2D eigenvalue weighted by molar-refractivity contribution is 0.223. The van der Waals surface area contributed by atoms with Crippen molar-refractivity contribution in [3.05, 3.63) is 52.2 Å². The number of ether oxygens (including phenoxy) is 1. The van der Waals surface area contributed by atoms with E-state index in [0.29, 0.717) is 6.04 Å². The van der Waals surface area contributed by atoms with Crippen LogP contribution in [0.5, 0.6) is 5.75 Å². The van der Waals surface area contributed by atoms with Gasteiger partial charge in [-0.15, -0.1) is 0 Å². The first kappa shape index (κ1) is 11.8. The summed E-state index contributed by atoms with van der Waals surface area (Å²) in [6, 6.07) is 10.9. The summed E-state index contributed by atoms with van der Waals surface area (Å²) in [6.07, 6.45) is 1.28. The van der Waals surface area contributed by atoms with Crippen LogP contribution in [0.25, 0.3) is 0 Å². The highest BCUT2D eigenvalue weighted by Gasteiger charge is 2.22. The minimum Gasteiger partial charge on any atom is -0.488 e. The first-order chi connectivity index (χ1) is 8.83. The van der Waals surface area contributed by atoms with Crippen LogP contribution in [0.2, 0.25) is 0 Å². The maximum atomic E-state index is 5.91. The molecule has 1 aliphatic rings. The van der Waals surface area contributed by atoms with Gasteiger partial charge in [-0.3, -0.25) is 0 Å². The second-order valence-corrected chi connectivity index (χ2v) is 5.52. The fourth-order valence-electron chi connectivity index (χ4n) is 2.32. The summed E-state index contributed by atoms with van der Waals surface area (Å²) in [5.74, 6) is 1.05. The van der Waals surface area contributed by atoms with E-state index >= 15 is 0 Å². The second kappa shape index (κ2) is 5.12. The van der Waals surface area contributed by atoms with Gasteiger partial charge in [-0.2, -0.15) is 11.3 Å². The number of thiophene rings is 1. The minimum absolute atomic E-state index is 0.267. The highest BCUT2D eigenvalue weighted by atomic mass is 32.1. The van der Waals surface area contributed by atoms with Gasteiger partial charge in [0.1, 0.15) is 11.9 Å². The van der Waals surface area contributed by atoms with E-state index in [1.165, 1.54) is 11.1 Å². The van der Waals surface area contributed by atoms with E-state index in [0.717, 1.165) is 18.7 Å². The Bertz CT molecular complexity index is 484. The number of hydrogen-bond acceptors (Lipinski definition) is 3. The molecule has 3 rings (SSSR count). The summed E-state index contributed by atoms with van der Waals surface area (Å²) >= 11 is 1.74. The smallest absolute Gasteiger partial charge is 0.123 e. The summed E-state index contributed by atoms with van der Waals surface area (Å²) in [7, 11) is 0. The summed E-state index contributed by atoms with van der Waals surface area (Å²) in [6.45, 7) is 3.09. The lowest BCUT2D eigenvalue weighted by atomic mass is 10.1. The van der Waals surface area contributed by atoms with E-state index in [4.69, 9.17) is 4.74 Å². The highest BCUT2D eigenvalue weighted by molar-refractivity contribution is 7.07. The van der Waals surface area contributed by atoms with Crippen molar-refractivity contribution in [2.45, 2.75) is 25.5 Å². The molecule has 0 spiro atoms. The average molecular weight is 259 g/mol. The van der Waals surface area contributed by atoms with E-state index < -0.39 is 0 Å². The van der Waals surface area contributed by atoms with Crippen LogP contribution >= 0.6 is 11.3 Å². The zero-order valence-corrected chi connectivity index (χ0v) is 11.2. The van der Waals surface area contributed by atoms with Crippen molar-refractivity contribution in [2.24, 2.45) is 0 Å². The molecule has 1 aromatic carbocycles. The predicted octanol–water partition coefficient (Wildman–Crippen LogP) is 3.40. The molecule has 0 saturated heterocycles. The maximum Gasteiger partial charge on any atom is 0.123 e. The van der Waals surface area contributed by atoms with Crippen molar-refractivity contribution >= 4 is 11.3 Å². The number of nitrogens with one attached hydrogen (secondary N) is 1. The Kier molecular flexibility index (Phi) is 3.35. The van der Waals surface area contributed by atoms with Crippen molar-refractivity contribution in [2.75, 3.05) is 6.54 Å². The second-order valence-electron chi connectivity index (χ2n) is 4.74. The van der Waals surface area contributed by atoms with Crippen LogP contribution in [0.3, 0.4) is 0 Å². The van der Waals surface area contributed by atoms with Crippen LogP contribution in [0.4, 0.5) is 0 Å². The Balaban J connectivity index is 1.54. The molecule has 18 heavy (non-hydrogen) atoms. The topological polar surface area (TPSA) is 21.3 Å². The standard InChI is InChI=1S/C15H17NOS/c1-11(13-6-7-18-10-13)16-9-14-8-12-4-2-3-5-15(12)17-14/h2-7,10-11,14,16H,8-9H2,1H3. The van der Waals surface area contributed by atoms with Crippen LogP contribution in [0.1, 0.15) is 24.1 Å². The van der Waals surface area contributed by atoms with Crippen LogP contribution in [-0.4, -0.2) is 12.6 Å². The van der Waals surface area contributed by atoms with Gasteiger partial charge in [-0.1, -0.05) is 18.2 Å². The third-order valence-electron chi connectivity index (χ3n) is 3.41. The number of rotatable bonds is 4. The Morgan fingerprint density at radius 1 is 1.39 bits per heavy atom. The first-order valence-electron chi connectivity index (χ1n) is 6.33. The van der Waals surface area contributed by atoms with Gasteiger partial charge in [0.05, 0.1) is 0 Å². The lowest BCUT2D eigenvalue weighted by Crippen LogP contribution is -2.31. The van der Waals surface area contributed by atoms with Gasteiger partial charge in [0.15, 0.2) is 0 Å². The summed E-state index contributed by atoms with van der Waals surface area (Å²) in [4.78, 5) is 0. The largest absolute Gasteiger partial charge is 0.488 e. The van der Waals surface area contributed by atoms with Gasteiger partial charge in [0.2, 0.25) is 0 Å². The van der Waals surface area contributed by atoms with Gasteiger partial charge in [-0.25, -0.2) is 0 Å². The number of hydrogen-bond donors (Lipinski definition) is 1. The van der Waals surface area contributed by atoms with Gasteiger partial charge in [0.25, 0.3) is 0 Å². The maximum absolute atomic E-state index is 5.91. The highest BCUT2D eigenvalue weighted by Crippen LogP contribution is 2.28. The van der Waals surface area contributed by atoms with Crippen LogP contribution < -0.4 is 10.1 Å². The summed E-state index contributed by atoms with van der Waals surface area (Å²) < 4.78 is 5.91. The molecule has 1 N–H and O–H groups in total. The van der Waals surface area contributed by atoms with Crippen molar-refractivity contribution in [3.63, 3.8) is 0 Å². The van der Waals surface area contributed by atoms with Crippen LogP contribution in [-0.2, 0) is 6.42 Å². The number of benzene rings is 1. The Morgan fingerprint density at radius 2 is 2.28 bits per heavy atom. The van der Waals surface area contributed by atoms with E-state index in [2.05, 4.69) is 47.3 Å². The SMILES string of the molecule is CC(NCC1Cc2ccccc2O1)c1ccsc1. The molecular weight excluding hydrogens is 242 g/mol. The molecule has 1 aliphatic heterocycles. The van der Waals surface area contributed by atoms with Crippen molar-refractivity contribution in [1.82, 2.24) is 5.32 Å². The normalized spacial score (nSPS) is 19.3. The molecule has 2 nitrogen and oxygen atoms in total. The predicted molar refractivity (Wildman–Crippen MR) is 75.3 cm³/mol. The van der Waals surface area contributed by atoms with Gasteiger partial charge < -0.3 is 10.1 Å². The molecule has 3 heteroatoms. The lowest BCUT2D eigenvalue weighted by Gasteiger charge is -2.16. The van der Waals surface area contributed by atoms with Crippen molar-refractivity contribution in [1.29, 1.82) is 0 Å². The van der Waals surface area contributed by atoms with E-state index in [-0.39, 0.29) is 6.10 Å².